The summed E-state index contributed by atoms with van der Waals surface area (Å²) in [5, 5.41) is 0. The van der Waals surface area contributed by atoms with Gasteiger partial charge in [0.1, 0.15) is 19.8 Å². The number of benzene rings is 2. The van der Waals surface area contributed by atoms with Crippen LogP contribution in [0.15, 0.2) is 51.8 Å². The van der Waals surface area contributed by atoms with Gasteiger partial charge in [-0.05, 0) is 42.7 Å². The quantitative estimate of drug-likeness (QED) is 0.591. The molecule has 1 fully saturated rings. The largest absolute Gasteiger partial charge is 0.486 e. The van der Waals surface area contributed by atoms with E-state index in [9.17, 15) is 13.2 Å². The zero-order valence-electron chi connectivity index (χ0n) is 16.3. The molecule has 0 saturated carbocycles. The van der Waals surface area contributed by atoms with Crippen LogP contribution < -0.4 is 9.47 Å². The molecular weight excluding hydrogens is 474 g/mol. The minimum absolute atomic E-state index is 0.169. The molecule has 0 aromatic heterocycles. The van der Waals surface area contributed by atoms with Gasteiger partial charge in [0.05, 0.1) is 10.8 Å². The first-order valence-electron chi connectivity index (χ1n) is 9.74. The lowest BCUT2D eigenvalue weighted by molar-refractivity contribution is -0.151. The summed E-state index contributed by atoms with van der Waals surface area (Å²) in [6.45, 7) is 1.60. The first-order valence-corrected chi connectivity index (χ1v) is 12.0. The van der Waals surface area contributed by atoms with Crippen molar-refractivity contribution in [3.63, 3.8) is 0 Å². The number of carbonyl (C=O) groups is 1. The van der Waals surface area contributed by atoms with E-state index >= 15 is 0 Å². The van der Waals surface area contributed by atoms with Gasteiger partial charge in [-0.3, -0.25) is 4.79 Å². The second-order valence-electron chi connectivity index (χ2n) is 7.22. The molecule has 2 aromatic rings. The first-order chi connectivity index (χ1) is 14.4. The fourth-order valence-corrected chi connectivity index (χ4v) is 5.27. The van der Waals surface area contributed by atoms with Crippen molar-refractivity contribution in [2.45, 2.75) is 24.3 Å². The van der Waals surface area contributed by atoms with Crippen molar-refractivity contribution < 1.29 is 27.4 Å². The number of ether oxygens (including phenoxy) is 3. The maximum Gasteiger partial charge on any atom is 0.309 e. The van der Waals surface area contributed by atoms with Gasteiger partial charge in [-0.15, -0.1) is 0 Å². The Hall–Kier alpha value is -2.10. The molecule has 1 saturated heterocycles. The molecule has 0 unspecified atom stereocenters. The SMILES string of the molecule is O=C(OCc1ccc(Br)cc1)C1CCN(S(=O)(=O)c2ccc3c(c2)OCCO3)CC1. The Morgan fingerprint density at radius 1 is 1.03 bits per heavy atom. The van der Waals surface area contributed by atoms with Crippen molar-refractivity contribution in [3.8, 4) is 11.5 Å². The van der Waals surface area contributed by atoms with Crippen LogP contribution in [-0.2, 0) is 26.2 Å². The van der Waals surface area contributed by atoms with Crippen LogP contribution in [0.5, 0.6) is 11.5 Å². The van der Waals surface area contributed by atoms with Gasteiger partial charge in [0, 0.05) is 23.6 Å². The molecule has 2 heterocycles. The smallest absolute Gasteiger partial charge is 0.309 e. The van der Waals surface area contributed by atoms with E-state index in [1.807, 2.05) is 24.3 Å². The van der Waals surface area contributed by atoms with Crippen LogP contribution in [-0.4, -0.2) is 45.0 Å². The number of esters is 1. The fourth-order valence-electron chi connectivity index (χ4n) is 3.52. The Labute approximate surface area is 184 Å². The normalized spacial score (nSPS) is 17.5. The Balaban J connectivity index is 1.34. The van der Waals surface area contributed by atoms with Crippen molar-refractivity contribution >= 4 is 31.9 Å². The zero-order valence-corrected chi connectivity index (χ0v) is 18.7. The highest BCUT2D eigenvalue weighted by atomic mass is 79.9. The van der Waals surface area contributed by atoms with E-state index in [2.05, 4.69) is 15.9 Å². The maximum atomic E-state index is 13.0. The third-order valence-corrected chi connectivity index (χ3v) is 7.66. The third-order valence-electron chi connectivity index (χ3n) is 5.23. The number of fused-ring (bicyclic) bond motifs is 1. The Bertz CT molecular complexity index is 1020. The van der Waals surface area contributed by atoms with Crippen LogP contribution in [0.25, 0.3) is 0 Å². The summed E-state index contributed by atoms with van der Waals surface area (Å²) in [6, 6.07) is 12.2. The second kappa shape index (κ2) is 8.95. The molecule has 0 N–H and O–H groups in total. The van der Waals surface area contributed by atoms with Crippen LogP contribution in [0.4, 0.5) is 0 Å². The molecule has 0 spiro atoms. The van der Waals surface area contributed by atoms with E-state index in [0.29, 0.717) is 37.6 Å². The molecule has 30 heavy (non-hydrogen) atoms. The number of piperidine rings is 1. The van der Waals surface area contributed by atoms with Crippen LogP contribution >= 0.6 is 15.9 Å². The van der Waals surface area contributed by atoms with Crippen LogP contribution in [0.3, 0.4) is 0 Å². The topological polar surface area (TPSA) is 82.1 Å². The van der Waals surface area contributed by atoms with Crippen molar-refractivity contribution in [2.24, 2.45) is 5.92 Å². The number of halogens is 1. The highest BCUT2D eigenvalue weighted by Gasteiger charge is 2.33. The average molecular weight is 496 g/mol. The third kappa shape index (κ3) is 4.63. The summed E-state index contributed by atoms with van der Waals surface area (Å²) in [4.78, 5) is 12.6. The van der Waals surface area contributed by atoms with Crippen molar-refractivity contribution in [3.05, 3.63) is 52.5 Å². The maximum absolute atomic E-state index is 13.0. The van der Waals surface area contributed by atoms with E-state index in [4.69, 9.17) is 14.2 Å². The minimum atomic E-state index is -3.66. The minimum Gasteiger partial charge on any atom is -0.486 e. The fraction of sp³-hybridized carbons (Fsp3) is 0.381. The van der Waals surface area contributed by atoms with E-state index in [1.165, 1.54) is 16.4 Å². The monoisotopic (exact) mass is 495 g/mol. The van der Waals surface area contributed by atoms with E-state index in [0.717, 1.165) is 10.0 Å². The van der Waals surface area contributed by atoms with Gasteiger partial charge in [0.2, 0.25) is 10.0 Å². The predicted octanol–water partition coefficient (Wildman–Crippen LogP) is 3.36. The average Bonchev–Trinajstić information content (AvgIpc) is 2.78. The Kier molecular flexibility index (Phi) is 6.31. The van der Waals surface area contributed by atoms with Gasteiger partial charge in [-0.1, -0.05) is 28.1 Å². The summed E-state index contributed by atoms with van der Waals surface area (Å²) >= 11 is 3.37. The van der Waals surface area contributed by atoms with Crippen molar-refractivity contribution in [2.75, 3.05) is 26.3 Å². The Morgan fingerprint density at radius 3 is 2.40 bits per heavy atom. The molecule has 0 atom stereocenters. The molecule has 0 bridgehead atoms. The molecule has 4 rings (SSSR count). The van der Waals surface area contributed by atoms with Crippen LogP contribution in [0.1, 0.15) is 18.4 Å². The number of carbonyl (C=O) groups excluding carboxylic acids is 1. The lowest BCUT2D eigenvalue weighted by Gasteiger charge is -2.30. The highest BCUT2D eigenvalue weighted by Crippen LogP contribution is 2.34. The van der Waals surface area contributed by atoms with E-state index in [1.54, 1.807) is 6.07 Å². The van der Waals surface area contributed by atoms with Crippen LogP contribution in [0, 0.1) is 5.92 Å². The predicted molar refractivity (Wildman–Crippen MR) is 113 cm³/mol. The number of hydrogen-bond donors (Lipinski definition) is 0. The standard InChI is InChI=1S/C21H22BrNO6S/c22-17-3-1-15(2-4-17)14-29-21(24)16-7-9-23(10-8-16)30(25,26)18-5-6-19-20(13-18)28-12-11-27-19/h1-6,13,16H,7-12,14H2. The van der Waals surface area contributed by atoms with Crippen LogP contribution in [0.2, 0.25) is 0 Å². The van der Waals surface area contributed by atoms with Gasteiger partial charge in [0.25, 0.3) is 0 Å². The van der Waals surface area contributed by atoms with Gasteiger partial charge in [-0.2, -0.15) is 4.31 Å². The van der Waals surface area contributed by atoms with Gasteiger partial charge in [0.15, 0.2) is 11.5 Å². The molecule has 9 heteroatoms. The summed E-state index contributed by atoms with van der Waals surface area (Å²) in [7, 11) is -3.66. The van der Waals surface area contributed by atoms with Gasteiger partial charge in [-0.25, -0.2) is 8.42 Å². The number of hydrogen-bond acceptors (Lipinski definition) is 6. The number of nitrogens with zero attached hydrogens (tertiary/aromatic N) is 1. The molecule has 160 valence electrons. The summed E-state index contributed by atoms with van der Waals surface area (Å²) in [6.07, 6.45) is 0.867. The van der Waals surface area contributed by atoms with E-state index < -0.39 is 10.0 Å². The Morgan fingerprint density at radius 2 is 1.70 bits per heavy atom. The van der Waals surface area contributed by atoms with E-state index in [-0.39, 0.29) is 36.5 Å². The molecule has 2 aliphatic heterocycles. The van der Waals surface area contributed by atoms with Crippen molar-refractivity contribution in [1.82, 2.24) is 4.31 Å². The molecule has 0 radical (unpaired) electrons. The summed E-state index contributed by atoms with van der Waals surface area (Å²) in [5.41, 5.74) is 0.908. The van der Waals surface area contributed by atoms with Gasteiger partial charge < -0.3 is 14.2 Å². The number of sulfonamides is 1. The second-order valence-corrected chi connectivity index (χ2v) is 10.1. The summed E-state index contributed by atoms with van der Waals surface area (Å²) in [5.74, 6) is 0.405. The summed E-state index contributed by atoms with van der Waals surface area (Å²) < 4.78 is 44.7. The molecule has 7 nitrogen and oxygen atoms in total. The van der Waals surface area contributed by atoms with Gasteiger partial charge >= 0.3 is 5.97 Å². The van der Waals surface area contributed by atoms with Crippen molar-refractivity contribution in [1.29, 1.82) is 0 Å². The first kappa shape index (κ1) is 21.1. The lowest BCUT2D eigenvalue weighted by atomic mass is 9.98. The zero-order chi connectivity index (χ0) is 21.1. The molecule has 0 aliphatic carbocycles. The molecule has 2 aromatic carbocycles. The number of rotatable bonds is 5. The highest BCUT2D eigenvalue weighted by molar-refractivity contribution is 9.10. The lowest BCUT2D eigenvalue weighted by Crippen LogP contribution is -2.40. The molecule has 2 aliphatic rings. The molecular formula is C21H22BrNO6S. The molecule has 0 amide bonds.